The maximum Gasteiger partial charge on any atom is 0.187 e. The van der Waals surface area contributed by atoms with Gasteiger partial charge in [-0.2, -0.15) is 0 Å². The van der Waals surface area contributed by atoms with Crippen molar-refractivity contribution in [2.24, 2.45) is 0 Å². The van der Waals surface area contributed by atoms with Crippen LogP contribution in [0.4, 0.5) is 0 Å². The summed E-state index contributed by atoms with van der Waals surface area (Å²) in [6, 6.07) is 10.3. The third kappa shape index (κ3) is 18.6. The molecule has 1 nitrogen and oxygen atoms in total. The SMILES string of the molecule is CC(C)(C)O.Cc1ccccc1.[AlH3]. The summed E-state index contributed by atoms with van der Waals surface area (Å²) in [5.74, 6) is 0. The normalized spacial score (nSPS) is 9.31. The van der Waals surface area contributed by atoms with Gasteiger partial charge in [-0.05, 0) is 27.7 Å². The van der Waals surface area contributed by atoms with Crippen molar-refractivity contribution in [1.29, 1.82) is 0 Å². The summed E-state index contributed by atoms with van der Waals surface area (Å²) in [5, 5.41) is 8.52. The minimum absolute atomic E-state index is 0. The third-order valence-electron chi connectivity index (χ3n) is 0.940. The van der Waals surface area contributed by atoms with Crippen LogP contribution in [0.15, 0.2) is 30.3 Å². The van der Waals surface area contributed by atoms with Crippen LogP contribution in [0, 0.1) is 6.92 Å². The Balaban J connectivity index is 0. The van der Waals surface area contributed by atoms with Crippen molar-refractivity contribution in [2.75, 3.05) is 0 Å². The molecule has 0 radical (unpaired) electrons. The lowest BCUT2D eigenvalue weighted by molar-refractivity contribution is 0.102. The number of aryl methyl sites for hydroxylation is 1. The van der Waals surface area contributed by atoms with E-state index >= 15 is 0 Å². The van der Waals surface area contributed by atoms with E-state index in [0.717, 1.165) is 0 Å². The molecule has 0 amide bonds. The van der Waals surface area contributed by atoms with E-state index in [4.69, 9.17) is 5.11 Å². The van der Waals surface area contributed by atoms with Crippen LogP contribution in [0.5, 0.6) is 0 Å². The van der Waals surface area contributed by atoms with Crippen LogP contribution in [0.25, 0.3) is 0 Å². The van der Waals surface area contributed by atoms with Crippen molar-refractivity contribution < 1.29 is 5.11 Å². The molecule has 0 saturated heterocycles. The van der Waals surface area contributed by atoms with Gasteiger partial charge in [0.2, 0.25) is 0 Å². The number of hydrogen-bond donors (Lipinski definition) is 1. The average molecular weight is 196 g/mol. The van der Waals surface area contributed by atoms with Crippen LogP contribution in [0.1, 0.15) is 26.3 Å². The largest absolute Gasteiger partial charge is 0.391 e. The number of benzene rings is 1. The van der Waals surface area contributed by atoms with E-state index in [1.807, 2.05) is 18.2 Å². The summed E-state index contributed by atoms with van der Waals surface area (Å²) in [6.07, 6.45) is 0. The van der Waals surface area contributed by atoms with Gasteiger partial charge in [-0.1, -0.05) is 35.9 Å². The van der Waals surface area contributed by atoms with E-state index in [9.17, 15) is 0 Å². The molecule has 0 atom stereocenters. The first-order valence-corrected chi connectivity index (χ1v) is 4.13. The van der Waals surface area contributed by atoms with E-state index < -0.39 is 5.60 Å². The highest BCUT2D eigenvalue weighted by Crippen LogP contribution is 1.93. The monoisotopic (exact) mass is 196 g/mol. The van der Waals surface area contributed by atoms with Crippen molar-refractivity contribution in [2.45, 2.75) is 33.3 Å². The van der Waals surface area contributed by atoms with Gasteiger partial charge in [-0.3, -0.25) is 0 Å². The fourth-order valence-electron chi connectivity index (χ4n) is 0.534. The Morgan fingerprint density at radius 3 is 1.46 bits per heavy atom. The summed E-state index contributed by atoms with van der Waals surface area (Å²) in [6.45, 7) is 7.31. The third-order valence-corrected chi connectivity index (χ3v) is 0.940. The van der Waals surface area contributed by atoms with Crippen LogP contribution in [-0.2, 0) is 0 Å². The van der Waals surface area contributed by atoms with Gasteiger partial charge in [0, 0.05) is 0 Å². The van der Waals surface area contributed by atoms with Gasteiger partial charge in [0.05, 0.1) is 5.60 Å². The molecule has 2 heteroatoms. The number of hydrogen-bond acceptors (Lipinski definition) is 1. The van der Waals surface area contributed by atoms with Crippen molar-refractivity contribution in [3.8, 4) is 0 Å². The minimum atomic E-state index is -0.500. The molecule has 1 rings (SSSR count). The van der Waals surface area contributed by atoms with Gasteiger partial charge in [-0.25, -0.2) is 0 Å². The Labute approximate surface area is 91.9 Å². The maximum atomic E-state index is 8.52. The van der Waals surface area contributed by atoms with Gasteiger partial charge in [0.15, 0.2) is 17.4 Å². The highest BCUT2D eigenvalue weighted by Gasteiger charge is 1.97. The Kier molecular flexibility index (Phi) is 8.36. The molecule has 1 aromatic rings. The van der Waals surface area contributed by atoms with E-state index in [1.165, 1.54) is 5.56 Å². The van der Waals surface area contributed by atoms with Crippen molar-refractivity contribution in [1.82, 2.24) is 0 Å². The standard InChI is InChI=1S/C7H8.C4H10O.Al.3H/c1-7-5-3-2-4-6-7;1-4(2,3)5;;;;/h2-6H,1H3;5H,1-3H3;;;;. The second kappa shape index (κ2) is 7.15. The molecule has 1 aromatic carbocycles. The van der Waals surface area contributed by atoms with Gasteiger partial charge in [0.1, 0.15) is 0 Å². The molecular weight excluding hydrogens is 175 g/mol. The van der Waals surface area contributed by atoms with E-state index in [1.54, 1.807) is 20.8 Å². The second-order valence-electron chi connectivity index (χ2n) is 3.83. The summed E-state index contributed by atoms with van der Waals surface area (Å²) < 4.78 is 0. The lowest BCUT2D eigenvalue weighted by atomic mass is 10.2. The summed E-state index contributed by atoms with van der Waals surface area (Å²) >= 11 is 0. The molecule has 1 N–H and O–H groups in total. The lowest BCUT2D eigenvalue weighted by Crippen LogP contribution is -2.10. The van der Waals surface area contributed by atoms with Crippen LogP contribution >= 0.6 is 0 Å². The highest BCUT2D eigenvalue weighted by molar-refractivity contribution is 5.75. The fraction of sp³-hybridized carbons (Fsp3) is 0.455. The fourth-order valence-corrected chi connectivity index (χ4v) is 0.534. The minimum Gasteiger partial charge on any atom is -0.391 e. The quantitative estimate of drug-likeness (QED) is 0.625. The Morgan fingerprint density at radius 1 is 1.00 bits per heavy atom. The number of aliphatic hydroxyl groups is 1. The van der Waals surface area contributed by atoms with E-state index in [-0.39, 0.29) is 17.4 Å². The van der Waals surface area contributed by atoms with Crippen LogP contribution in [-0.4, -0.2) is 28.1 Å². The second-order valence-corrected chi connectivity index (χ2v) is 3.83. The Bertz CT molecular complexity index is 195. The van der Waals surface area contributed by atoms with E-state index in [0.29, 0.717) is 0 Å². The highest BCUT2D eigenvalue weighted by atomic mass is 27.0. The molecule has 0 spiro atoms. The molecule has 0 saturated carbocycles. The Hall–Kier alpha value is -0.288. The average Bonchev–Trinajstić information content (AvgIpc) is 1.85. The van der Waals surface area contributed by atoms with Gasteiger partial charge < -0.3 is 5.11 Å². The van der Waals surface area contributed by atoms with Crippen LogP contribution < -0.4 is 0 Å². The van der Waals surface area contributed by atoms with Crippen molar-refractivity contribution >= 4 is 17.4 Å². The molecule has 0 unspecified atom stereocenters. The molecule has 13 heavy (non-hydrogen) atoms. The molecule has 0 fully saturated rings. The smallest absolute Gasteiger partial charge is 0.187 e. The molecule has 0 heterocycles. The van der Waals surface area contributed by atoms with Gasteiger partial charge in [0.25, 0.3) is 0 Å². The maximum absolute atomic E-state index is 8.52. The molecule has 0 aliphatic heterocycles. The summed E-state index contributed by atoms with van der Waals surface area (Å²) in [5.41, 5.74) is 0.822. The predicted molar refractivity (Wildman–Crippen MR) is 63.1 cm³/mol. The first-order chi connectivity index (χ1) is 5.39. The van der Waals surface area contributed by atoms with Crippen molar-refractivity contribution in [3.05, 3.63) is 35.9 Å². The lowest BCUT2D eigenvalue weighted by Gasteiger charge is -2.04. The zero-order chi connectivity index (χ0) is 9.61. The van der Waals surface area contributed by atoms with Gasteiger partial charge >= 0.3 is 0 Å². The van der Waals surface area contributed by atoms with Gasteiger partial charge in [-0.15, -0.1) is 0 Å². The molecular formula is C11H21AlO. The Morgan fingerprint density at radius 2 is 1.31 bits per heavy atom. The van der Waals surface area contributed by atoms with Crippen molar-refractivity contribution in [3.63, 3.8) is 0 Å². The van der Waals surface area contributed by atoms with Crippen LogP contribution in [0.2, 0.25) is 0 Å². The van der Waals surface area contributed by atoms with E-state index in [2.05, 4.69) is 19.1 Å². The molecule has 0 aliphatic rings. The molecule has 0 aromatic heterocycles. The molecule has 0 aliphatic carbocycles. The summed E-state index contributed by atoms with van der Waals surface area (Å²) in [4.78, 5) is 0. The first kappa shape index (κ1) is 15.2. The van der Waals surface area contributed by atoms with Crippen LogP contribution in [0.3, 0.4) is 0 Å². The zero-order valence-electron chi connectivity index (χ0n) is 8.33. The zero-order valence-corrected chi connectivity index (χ0v) is 8.33. The molecule has 74 valence electrons. The number of rotatable bonds is 0. The topological polar surface area (TPSA) is 20.2 Å². The first-order valence-electron chi connectivity index (χ1n) is 4.13. The predicted octanol–water partition coefficient (Wildman–Crippen LogP) is 1.59. The molecule has 0 bridgehead atoms. The summed E-state index contributed by atoms with van der Waals surface area (Å²) in [7, 11) is 0.